The monoisotopic (exact) mass is 425 g/mol. The molecule has 0 aromatic heterocycles. The van der Waals surface area contributed by atoms with Gasteiger partial charge in [-0.2, -0.15) is 8.42 Å². The molecule has 0 atom stereocenters. The lowest BCUT2D eigenvalue weighted by molar-refractivity contribution is 0.460. The number of aromatic hydroxyl groups is 2. The van der Waals surface area contributed by atoms with E-state index in [-0.39, 0.29) is 16.8 Å². The number of phenolic OH excluding ortho intramolecular Hbond substituents is 2. The van der Waals surface area contributed by atoms with Gasteiger partial charge in [0.15, 0.2) is 5.75 Å². The third-order valence-electron chi connectivity index (χ3n) is 3.89. The summed E-state index contributed by atoms with van der Waals surface area (Å²) in [6, 6.07) is 8.73. The largest absolute Gasteiger partial charge is 0.508 e. The number of hydrogen-bond donors (Lipinski definition) is 5. The minimum absolute atomic E-state index is 0.196. The van der Waals surface area contributed by atoms with Crippen molar-refractivity contribution in [2.75, 3.05) is 11.5 Å². The first kappa shape index (κ1) is 19.5. The van der Waals surface area contributed by atoms with Crippen LogP contribution in [0.5, 0.6) is 17.2 Å². The van der Waals surface area contributed by atoms with Gasteiger partial charge in [0, 0.05) is 29.0 Å². The highest BCUT2D eigenvalue weighted by atomic mass is 32.2. The molecule has 3 rings (SSSR count). The second-order valence-corrected chi connectivity index (χ2v) is 8.84. The van der Waals surface area contributed by atoms with Crippen LogP contribution in [-0.4, -0.2) is 27.0 Å². The molecule has 0 saturated heterocycles. The number of benzene rings is 3. The van der Waals surface area contributed by atoms with Crippen molar-refractivity contribution in [3.05, 3.63) is 42.5 Å². The van der Waals surface area contributed by atoms with Crippen LogP contribution in [-0.2, 0) is 20.1 Å². The van der Waals surface area contributed by atoms with E-state index in [1.807, 2.05) is 0 Å². The molecule has 0 aliphatic heterocycles. The Hall–Kier alpha value is -3.22. The van der Waals surface area contributed by atoms with E-state index in [0.29, 0.717) is 5.39 Å². The van der Waals surface area contributed by atoms with Crippen molar-refractivity contribution < 1.29 is 31.2 Å². The Bertz CT molecular complexity index is 1320. The second kappa shape index (κ2) is 6.44. The van der Waals surface area contributed by atoms with Gasteiger partial charge in [0.05, 0.1) is 11.4 Å². The van der Waals surface area contributed by atoms with Crippen LogP contribution in [0.4, 0.5) is 11.4 Å². The molecule has 0 aliphatic carbocycles. The lowest BCUT2D eigenvalue weighted by Crippen LogP contribution is -2.17. The van der Waals surface area contributed by atoms with Crippen molar-refractivity contribution in [3.63, 3.8) is 0 Å². The Morgan fingerprint density at radius 2 is 1.43 bits per heavy atom. The highest BCUT2D eigenvalue weighted by molar-refractivity contribution is 7.89. The molecule has 3 aromatic carbocycles. The molecule has 0 amide bonds. The molecular weight excluding hydrogens is 410 g/mol. The van der Waals surface area contributed by atoms with E-state index >= 15 is 0 Å². The number of nitrogen functional groups attached to an aromatic ring is 2. The molecule has 0 heterocycles. The molecule has 10 nitrogen and oxygen atoms in total. The third kappa shape index (κ3) is 3.35. The Balaban J connectivity index is 2.18. The summed E-state index contributed by atoms with van der Waals surface area (Å²) in [7, 11) is -9.04. The predicted molar refractivity (Wildman–Crippen MR) is 102 cm³/mol. The second-order valence-electron chi connectivity index (χ2n) is 5.79. The fraction of sp³-hybridized carbons (Fsp3) is 0. The van der Waals surface area contributed by atoms with E-state index in [2.05, 4.69) is 0 Å². The fourth-order valence-corrected chi connectivity index (χ4v) is 4.41. The molecule has 0 fully saturated rings. The number of nitrogens with two attached hydrogens (primary N) is 3. The molecule has 0 saturated carbocycles. The van der Waals surface area contributed by atoms with Crippen LogP contribution in [0.1, 0.15) is 0 Å². The lowest BCUT2D eigenvalue weighted by Gasteiger charge is -2.15. The molecule has 8 N–H and O–H groups in total. The van der Waals surface area contributed by atoms with E-state index in [1.165, 1.54) is 6.07 Å². The first-order valence-electron chi connectivity index (χ1n) is 7.52. The van der Waals surface area contributed by atoms with Crippen molar-refractivity contribution in [2.45, 2.75) is 9.79 Å². The first-order valence-corrected chi connectivity index (χ1v) is 10.5. The van der Waals surface area contributed by atoms with Crippen LogP contribution in [0.2, 0.25) is 0 Å². The van der Waals surface area contributed by atoms with Gasteiger partial charge in [-0.25, -0.2) is 13.6 Å². The third-order valence-corrected chi connectivity index (χ3v) is 6.12. The highest BCUT2D eigenvalue weighted by Gasteiger charge is 2.26. The highest BCUT2D eigenvalue weighted by Crippen LogP contribution is 2.38. The molecule has 0 spiro atoms. The van der Waals surface area contributed by atoms with Gasteiger partial charge in [-0.05, 0) is 0 Å². The minimum Gasteiger partial charge on any atom is -0.508 e. The summed E-state index contributed by atoms with van der Waals surface area (Å²) in [6.45, 7) is 0. The van der Waals surface area contributed by atoms with Crippen LogP contribution in [0.25, 0.3) is 10.8 Å². The fourth-order valence-electron chi connectivity index (χ4n) is 2.62. The minimum atomic E-state index is -4.67. The normalized spacial score (nSPS) is 12.2. The number of anilines is 2. The van der Waals surface area contributed by atoms with Crippen molar-refractivity contribution in [1.29, 1.82) is 0 Å². The van der Waals surface area contributed by atoms with Crippen molar-refractivity contribution in [1.82, 2.24) is 0 Å². The molecule has 0 unspecified atom stereocenters. The van der Waals surface area contributed by atoms with Crippen LogP contribution in [0, 0.1) is 0 Å². The zero-order chi connectivity index (χ0) is 20.9. The molecule has 148 valence electrons. The lowest BCUT2D eigenvalue weighted by atomic mass is 10.1. The number of sulfonamides is 1. The van der Waals surface area contributed by atoms with E-state index < -0.39 is 47.1 Å². The number of fused-ring (bicyclic) bond motifs is 1. The van der Waals surface area contributed by atoms with E-state index in [4.69, 9.17) is 20.8 Å². The molecule has 12 heteroatoms. The maximum atomic E-state index is 12.7. The standard InChI is InChI=1S/C16H15N3O7S2/c17-15-10-4-2-1-3-9(10)11(21)7-14(15)28(24,25)26-12-5-8(20)6-13(16(12)18)27(19,22)23/h1-7,20-21H,17-18H2,(H2,19,22,23). The Morgan fingerprint density at radius 3 is 2.04 bits per heavy atom. The summed E-state index contributed by atoms with van der Waals surface area (Å²) in [5.74, 6) is -1.67. The molecule has 0 bridgehead atoms. The van der Waals surface area contributed by atoms with Crippen LogP contribution < -0.4 is 20.8 Å². The van der Waals surface area contributed by atoms with E-state index in [0.717, 1.165) is 18.2 Å². The van der Waals surface area contributed by atoms with Crippen LogP contribution >= 0.6 is 0 Å². The van der Waals surface area contributed by atoms with E-state index in [1.54, 1.807) is 18.2 Å². The number of primary sulfonamides is 1. The molecular formula is C16H15N3O7S2. The van der Waals surface area contributed by atoms with Crippen molar-refractivity contribution >= 4 is 42.3 Å². The predicted octanol–water partition coefficient (Wildman–Crippen LogP) is 0.831. The average molecular weight is 425 g/mol. The Labute approximate surface area is 159 Å². The Kier molecular flexibility index (Phi) is 4.49. The van der Waals surface area contributed by atoms with Crippen molar-refractivity contribution in [2.24, 2.45) is 5.14 Å². The van der Waals surface area contributed by atoms with Gasteiger partial charge in [0.25, 0.3) is 0 Å². The maximum absolute atomic E-state index is 12.7. The Morgan fingerprint density at radius 1 is 0.821 bits per heavy atom. The summed E-state index contributed by atoms with van der Waals surface area (Å²) < 4.78 is 53.5. The van der Waals surface area contributed by atoms with Crippen LogP contribution in [0.3, 0.4) is 0 Å². The van der Waals surface area contributed by atoms with Gasteiger partial charge in [-0.1, -0.05) is 24.3 Å². The summed E-state index contributed by atoms with van der Waals surface area (Å²) in [5, 5.41) is 25.4. The van der Waals surface area contributed by atoms with Gasteiger partial charge in [0.2, 0.25) is 10.0 Å². The number of hydrogen-bond acceptors (Lipinski definition) is 9. The SMILES string of the molecule is Nc1c(OS(=O)(=O)c2cc(O)c3ccccc3c2N)cc(O)cc1S(N)(=O)=O. The van der Waals surface area contributed by atoms with Gasteiger partial charge in [-0.3, -0.25) is 0 Å². The maximum Gasteiger partial charge on any atom is 0.341 e. The summed E-state index contributed by atoms with van der Waals surface area (Å²) in [4.78, 5) is -1.28. The summed E-state index contributed by atoms with van der Waals surface area (Å²) in [5.41, 5.74) is 10.8. The smallest absolute Gasteiger partial charge is 0.341 e. The topological polar surface area (TPSA) is 196 Å². The molecule has 0 aliphatic rings. The van der Waals surface area contributed by atoms with Gasteiger partial charge in [-0.15, -0.1) is 0 Å². The number of rotatable bonds is 4. The molecule has 28 heavy (non-hydrogen) atoms. The average Bonchev–Trinajstić information content (AvgIpc) is 2.59. The quantitative estimate of drug-likeness (QED) is 0.228. The van der Waals surface area contributed by atoms with Crippen molar-refractivity contribution in [3.8, 4) is 17.2 Å². The molecule has 3 aromatic rings. The van der Waals surface area contributed by atoms with Gasteiger partial charge < -0.3 is 25.9 Å². The molecule has 0 radical (unpaired) electrons. The number of phenols is 2. The first-order chi connectivity index (χ1) is 12.9. The zero-order valence-corrected chi connectivity index (χ0v) is 15.7. The summed E-state index contributed by atoms with van der Waals surface area (Å²) >= 11 is 0. The van der Waals surface area contributed by atoms with Gasteiger partial charge in [0.1, 0.15) is 21.3 Å². The van der Waals surface area contributed by atoms with Gasteiger partial charge >= 0.3 is 10.1 Å². The van der Waals surface area contributed by atoms with E-state index in [9.17, 15) is 27.0 Å². The summed E-state index contributed by atoms with van der Waals surface area (Å²) in [6.07, 6.45) is 0. The van der Waals surface area contributed by atoms with Crippen LogP contribution in [0.15, 0.2) is 52.3 Å². The zero-order valence-electron chi connectivity index (χ0n) is 14.0.